The number of amides is 1. The molecule has 1 aliphatic carbocycles. The summed E-state index contributed by atoms with van der Waals surface area (Å²) in [5.74, 6) is 1.03. The Bertz CT molecular complexity index is 481. The summed E-state index contributed by atoms with van der Waals surface area (Å²) in [6, 6.07) is 5.09. The highest BCUT2D eigenvalue weighted by molar-refractivity contribution is 5.81. The zero-order chi connectivity index (χ0) is 13.7. The molecule has 1 aromatic rings. The lowest BCUT2D eigenvalue weighted by atomic mass is 10.1. The van der Waals surface area contributed by atoms with Crippen LogP contribution in [0, 0.1) is 11.8 Å². The van der Waals surface area contributed by atoms with Crippen molar-refractivity contribution in [3.8, 4) is 0 Å². The van der Waals surface area contributed by atoms with E-state index in [0.29, 0.717) is 18.9 Å². The van der Waals surface area contributed by atoms with Gasteiger partial charge in [0, 0.05) is 30.6 Å². The highest BCUT2D eigenvalue weighted by Gasteiger charge is 2.41. The van der Waals surface area contributed by atoms with Crippen LogP contribution in [0.2, 0.25) is 0 Å². The Morgan fingerprint density at radius 1 is 1.47 bits per heavy atom. The lowest BCUT2D eigenvalue weighted by Crippen LogP contribution is -2.28. The second-order valence-electron chi connectivity index (χ2n) is 5.33. The first-order valence-electron chi connectivity index (χ1n) is 7.16. The van der Waals surface area contributed by atoms with Gasteiger partial charge in [-0.3, -0.25) is 9.59 Å². The predicted molar refractivity (Wildman–Crippen MR) is 74.9 cm³/mol. The highest BCUT2D eigenvalue weighted by Crippen LogP contribution is 2.42. The van der Waals surface area contributed by atoms with Gasteiger partial charge in [0.15, 0.2) is 0 Å². The van der Waals surface area contributed by atoms with Gasteiger partial charge in [-0.15, -0.1) is 0 Å². The summed E-state index contributed by atoms with van der Waals surface area (Å²) >= 11 is 0. The van der Waals surface area contributed by atoms with E-state index in [4.69, 9.17) is 0 Å². The fourth-order valence-electron chi connectivity index (χ4n) is 2.44. The lowest BCUT2D eigenvalue weighted by molar-refractivity contribution is -0.122. The molecular formula is C15H22N2O2. The number of unbranched alkanes of at least 4 members (excludes halogenated alkanes) is 1. The molecule has 2 N–H and O–H groups in total. The number of carbonyl (C=O) groups is 1. The van der Waals surface area contributed by atoms with Crippen molar-refractivity contribution in [3.05, 3.63) is 34.2 Å². The molecule has 1 heterocycles. The van der Waals surface area contributed by atoms with Crippen molar-refractivity contribution in [2.24, 2.45) is 11.8 Å². The van der Waals surface area contributed by atoms with Crippen LogP contribution < -0.4 is 10.9 Å². The fraction of sp³-hybridized carbons (Fsp3) is 0.600. The number of nitrogens with one attached hydrogen (secondary N) is 2. The van der Waals surface area contributed by atoms with E-state index < -0.39 is 0 Å². The number of aromatic nitrogens is 1. The highest BCUT2D eigenvalue weighted by atomic mass is 16.2. The Morgan fingerprint density at radius 3 is 3.05 bits per heavy atom. The molecule has 1 aromatic heterocycles. The summed E-state index contributed by atoms with van der Waals surface area (Å²) in [5, 5.41) is 2.96. The Kier molecular flexibility index (Phi) is 4.77. The van der Waals surface area contributed by atoms with E-state index in [-0.39, 0.29) is 17.4 Å². The molecular weight excluding hydrogens is 240 g/mol. The van der Waals surface area contributed by atoms with Crippen LogP contribution in [0.3, 0.4) is 0 Å². The monoisotopic (exact) mass is 262 g/mol. The molecule has 0 aromatic carbocycles. The second kappa shape index (κ2) is 6.55. The minimum atomic E-state index is -0.0920. The van der Waals surface area contributed by atoms with E-state index in [1.807, 2.05) is 6.07 Å². The van der Waals surface area contributed by atoms with Crippen molar-refractivity contribution in [3.63, 3.8) is 0 Å². The SMILES string of the molecule is CCCCC1CC1C(=O)NCCc1cccc(=O)[nH]1. The van der Waals surface area contributed by atoms with Gasteiger partial charge in [0.25, 0.3) is 0 Å². The molecule has 0 saturated heterocycles. The number of rotatable bonds is 7. The van der Waals surface area contributed by atoms with E-state index in [0.717, 1.165) is 12.1 Å². The first-order chi connectivity index (χ1) is 9.20. The van der Waals surface area contributed by atoms with Crippen LogP contribution in [0.25, 0.3) is 0 Å². The van der Waals surface area contributed by atoms with Crippen LogP contribution in [0.15, 0.2) is 23.0 Å². The summed E-state index contributed by atoms with van der Waals surface area (Å²) in [7, 11) is 0. The van der Waals surface area contributed by atoms with Crippen molar-refractivity contribution in [2.45, 2.75) is 39.0 Å². The summed E-state index contributed by atoms with van der Waals surface area (Å²) in [5.41, 5.74) is 0.775. The van der Waals surface area contributed by atoms with E-state index >= 15 is 0 Å². The van der Waals surface area contributed by atoms with Crippen molar-refractivity contribution < 1.29 is 4.79 Å². The Morgan fingerprint density at radius 2 is 2.32 bits per heavy atom. The van der Waals surface area contributed by atoms with Gasteiger partial charge < -0.3 is 10.3 Å². The zero-order valence-electron chi connectivity index (χ0n) is 11.4. The maximum absolute atomic E-state index is 11.9. The van der Waals surface area contributed by atoms with Crippen LogP contribution in [0.1, 0.15) is 38.3 Å². The lowest BCUT2D eigenvalue weighted by Gasteiger charge is -2.05. The molecule has 1 amide bonds. The summed E-state index contributed by atoms with van der Waals surface area (Å²) in [6.45, 7) is 2.77. The van der Waals surface area contributed by atoms with E-state index in [9.17, 15) is 9.59 Å². The molecule has 1 aliphatic rings. The molecule has 4 heteroatoms. The first kappa shape index (κ1) is 13.8. The standard InChI is InChI=1S/C15H22N2O2/c1-2-3-5-11-10-13(11)15(19)16-9-8-12-6-4-7-14(18)17-12/h4,6-7,11,13H,2-3,5,8-10H2,1H3,(H,16,19)(H,17,18). The third-order valence-corrected chi connectivity index (χ3v) is 3.71. The van der Waals surface area contributed by atoms with Gasteiger partial charge in [0.1, 0.15) is 0 Å². The molecule has 1 fully saturated rings. The van der Waals surface area contributed by atoms with Crippen molar-refractivity contribution >= 4 is 5.91 Å². The maximum Gasteiger partial charge on any atom is 0.248 e. The molecule has 104 valence electrons. The molecule has 0 bridgehead atoms. The third-order valence-electron chi connectivity index (χ3n) is 3.71. The number of aromatic amines is 1. The molecule has 0 aliphatic heterocycles. The largest absolute Gasteiger partial charge is 0.355 e. The maximum atomic E-state index is 11.9. The normalized spacial score (nSPS) is 21.1. The number of pyridine rings is 1. The third kappa shape index (κ3) is 4.23. The molecule has 2 atom stereocenters. The van der Waals surface area contributed by atoms with Crippen LogP contribution >= 0.6 is 0 Å². The van der Waals surface area contributed by atoms with Crippen LogP contribution in [-0.2, 0) is 11.2 Å². The number of carbonyl (C=O) groups excluding carboxylic acids is 1. The smallest absolute Gasteiger partial charge is 0.248 e. The molecule has 19 heavy (non-hydrogen) atoms. The van der Waals surface area contributed by atoms with Gasteiger partial charge in [-0.1, -0.05) is 25.8 Å². The number of H-pyrrole nitrogens is 1. The van der Waals surface area contributed by atoms with Gasteiger partial charge in [-0.05, 0) is 24.8 Å². The van der Waals surface area contributed by atoms with Gasteiger partial charge in [-0.25, -0.2) is 0 Å². The number of hydrogen-bond donors (Lipinski definition) is 2. The zero-order valence-corrected chi connectivity index (χ0v) is 11.4. The summed E-state index contributed by atoms with van der Waals surface area (Å²) < 4.78 is 0. The van der Waals surface area contributed by atoms with Gasteiger partial charge >= 0.3 is 0 Å². The van der Waals surface area contributed by atoms with Crippen molar-refractivity contribution in [1.29, 1.82) is 0 Å². The van der Waals surface area contributed by atoms with Gasteiger partial charge in [-0.2, -0.15) is 0 Å². The van der Waals surface area contributed by atoms with Gasteiger partial charge in [0.05, 0.1) is 0 Å². The summed E-state index contributed by atoms with van der Waals surface area (Å²) in [4.78, 5) is 25.7. The fourth-order valence-corrected chi connectivity index (χ4v) is 2.44. The Balaban J connectivity index is 1.66. The topological polar surface area (TPSA) is 62.0 Å². The van der Waals surface area contributed by atoms with Crippen LogP contribution in [-0.4, -0.2) is 17.4 Å². The van der Waals surface area contributed by atoms with E-state index in [1.165, 1.54) is 25.3 Å². The van der Waals surface area contributed by atoms with E-state index in [1.54, 1.807) is 6.07 Å². The van der Waals surface area contributed by atoms with Crippen LogP contribution in [0.4, 0.5) is 0 Å². The minimum absolute atomic E-state index is 0.0920. The predicted octanol–water partition coefficient (Wildman–Crippen LogP) is 1.86. The van der Waals surface area contributed by atoms with Crippen molar-refractivity contribution in [2.75, 3.05) is 6.54 Å². The Labute approximate surface area is 113 Å². The van der Waals surface area contributed by atoms with Crippen molar-refractivity contribution in [1.82, 2.24) is 10.3 Å². The Hall–Kier alpha value is -1.58. The quantitative estimate of drug-likeness (QED) is 0.788. The van der Waals surface area contributed by atoms with E-state index in [2.05, 4.69) is 17.2 Å². The first-order valence-corrected chi connectivity index (χ1v) is 7.16. The molecule has 2 rings (SSSR count). The van der Waals surface area contributed by atoms with Gasteiger partial charge in [0.2, 0.25) is 11.5 Å². The molecule has 4 nitrogen and oxygen atoms in total. The summed E-state index contributed by atoms with van der Waals surface area (Å²) in [6.07, 6.45) is 5.33. The molecule has 1 saturated carbocycles. The average molecular weight is 262 g/mol. The number of hydrogen-bond acceptors (Lipinski definition) is 2. The molecule has 0 radical (unpaired) electrons. The average Bonchev–Trinajstić information content (AvgIpc) is 3.16. The minimum Gasteiger partial charge on any atom is -0.355 e. The second-order valence-corrected chi connectivity index (χ2v) is 5.33. The molecule has 2 unspecified atom stereocenters. The molecule has 0 spiro atoms. The van der Waals surface area contributed by atoms with Crippen LogP contribution in [0.5, 0.6) is 0 Å².